The van der Waals surface area contributed by atoms with E-state index in [1.54, 1.807) is 24.3 Å². The fourth-order valence-electron chi connectivity index (χ4n) is 3.47. The molecule has 0 N–H and O–H groups in total. The number of ether oxygens (including phenoxy) is 2. The van der Waals surface area contributed by atoms with Crippen molar-refractivity contribution in [2.24, 2.45) is 17.8 Å². The molecule has 1 fully saturated rings. The molecule has 0 heterocycles. The fourth-order valence-corrected chi connectivity index (χ4v) is 3.59. The van der Waals surface area contributed by atoms with Crippen molar-refractivity contribution in [3.8, 4) is 0 Å². The second-order valence-corrected chi connectivity index (χ2v) is 7.41. The van der Waals surface area contributed by atoms with E-state index in [4.69, 9.17) is 21.1 Å². The van der Waals surface area contributed by atoms with E-state index in [1.807, 2.05) is 0 Å². The molecular formula is C19H27ClO3. The van der Waals surface area contributed by atoms with Crippen molar-refractivity contribution in [2.75, 3.05) is 7.11 Å². The maximum absolute atomic E-state index is 12.6. The summed E-state index contributed by atoms with van der Waals surface area (Å²) in [4.78, 5) is 12.6. The Morgan fingerprint density at radius 2 is 1.87 bits per heavy atom. The van der Waals surface area contributed by atoms with Gasteiger partial charge in [0.05, 0.1) is 0 Å². The van der Waals surface area contributed by atoms with Crippen LogP contribution in [0.25, 0.3) is 0 Å². The fraction of sp³-hybridized carbons (Fsp3) is 0.632. The minimum Gasteiger partial charge on any atom is -0.460 e. The van der Waals surface area contributed by atoms with Crippen LogP contribution >= 0.6 is 11.6 Å². The van der Waals surface area contributed by atoms with E-state index in [1.165, 1.54) is 13.5 Å². The minimum atomic E-state index is -0.697. The zero-order valence-electron chi connectivity index (χ0n) is 14.4. The van der Waals surface area contributed by atoms with Crippen LogP contribution in [0.1, 0.15) is 51.7 Å². The molecule has 0 aromatic heterocycles. The van der Waals surface area contributed by atoms with E-state index in [0.29, 0.717) is 22.8 Å². The van der Waals surface area contributed by atoms with Gasteiger partial charge in [0.2, 0.25) is 0 Å². The van der Waals surface area contributed by atoms with E-state index in [9.17, 15) is 4.79 Å². The van der Waals surface area contributed by atoms with Gasteiger partial charge >= 0.3 is 5.97 Å². The standard InChI is InChI=1S/C19H27ClO3/c1-12(2)16-10-5-13(3)11-17(16)23-19(21)18(22-4)14-6-8-15(20)9-7-14/h6-9,12-13,16-18H,5,10-11H2,1-4H3. The summed E-state index contributed by atoms with van der Waals surface area (Å²) in [6, 6.07) is 7.13. The molecule has 1 aromatic carbocycles. The van der Waals surface area contributed by atoms with E-state index in [0.717, 1.165) is 18.4 Å². The Kier molecular flexibility index (Phi) is 6.49. The molecule has 23 heavy (non-hydrogen) atoms. The molecule has 128 valence electrons. The minimum absolute atomic E-state index is 0.0174. The third-order valence-electron chi connectivity index (χ3n) is 4.85. The van der Waals surface area contributed by atoms with Crippen LogP contribution in [0.15, 0.2) is 24.3 Å². The lowest BCUT2D eigenvalue weighted by Crippen LogP contribution is -2.37. The first kappa shape index (κ1) is 18.3. The monoisotopic (exact) mass is 338 g/mol. The van der Waals surface area contributed by atoms with Gasteiger partial charge in [-0.05, 0) is 48.3 Å². The van der Waals surface area contributed by atoms with Crippen molar-refractivity contribution in [1.82, 2.24) is 0 Å². The van der Waals surface area contributed by atoms with Gasteiger partial charge in [0.25, 0.3) is 0 Å². The first-order valence-corrected chi connectivity index (χ1v) is 8.79. The molecule has 0 saturated heterocycles. The molecule has 1 aromatic rings. The van der Waals surface area contributed by atoms with Crippen molar-refractivity contribution in [3.63, 3.8) is 0 Å². The predicted octanol–water partition coefficient (Wildman–Crippen LogP) is 5.03. The summed E-state index contributed by atoms with van der Waals surface area (Å²) < 4.78 is 11.3. The molecule has 3 nitrogen and oxygen atoms in total. The molecule has 0 bridgehead atoms. The highest BCUT2D eigenvalue weighted by Crippen LogP contribution is 2.36. The molecule has 0 aliphatic heterocycles. The molecule has 1 aliphatic carbocycles. The van der Waals surface area contributed by atoms with Crippen molar-refractivity contribution in [1.29, 1.82) is 0 Å². The van der Waals surface area contributed by atoms with E-state index < -0.39 is 6.10 Å². The van der Waals surface area contributed by atoms with Gasteiger partial charge < -0.3 is 9.47 Å². The Morgan fingerprint density at radius 1 is 1.22 bits per heavy atom. The third kappa shape index (κ3) is 4.71. The summed E-state index contributed by atoms with van der Waals surface area (Å²) in [5, 5.41) is 0.637. The molecule has 4 atom stereocenters. The number of benzene rings is 1. The van der Waals surface area contributed by atoms with Gasteiger partial charge in [0.15, 0.2) is 6.10 Å². The zero-order valence-corrected chi connectivity index (χ0v) is 15.2. The number of methoxy groups -OCH3 is 1. The van der Waals surface area contributed by atoms with Gasteiger partial charge in [0, 0.05) is 12.1 Å². The van der Waals surface area contributed by atoms with E-state index in [2.05, 4.69) is 20.8 Å². The van der Waals surface area contributed by atoms with Gasteiger partial charge in [-0.15, -0.1) is 0 Å². The summed E-state index contributed by atoms with van der Waals surface area (Å²) >= 11 is 5.91. The van der Waals surface area contributed by atoms with Crippen LogP contribution in [-0.2, 0) is 14.3 Å². The van der Waals surface area contributed by atoms with Crippen LogP contribution in [0.2, 0.25) is 5.02 Å². The number of halogens is 1. The Labute approximate surface area is 144 Å². The molecule has 4 heteroatoms. The van der Waals surface area contributed by atoms with E-state index in [-0.39, 0.29) is 12.1 Å². The predicted molar refractivity (Wildman–Crippen MR) is 92.4 cm³/mol. The highest BCUT2D eigenvalue weighted by atomic mass is 35.5. The normalized spacial score (nSPS) is 26.1. The Bertz CT molecular complexity index is 512. The zero-order chi connectivity index (χ0) is 17.0. The molecule has 1 aliphatic rings. The third-order valence-corrected chi connectivity index (χ3v) is 5.10. The quantitative estimate of drug-likeness (QED) is 0.706. The van der Waals surface area contributed by atoms with Gasteiger partial charge in [-0.3, -0.25) is 0 Å². The van der Waals surface area contributed by atoms with Gasteiger partial charge in [-0.1, -0.05) is 50.9 Å². The topological polar surface area (TPSA) is 35.5 Å². The number of hydrogen-bond acceptors (Lipinski definition) is 3. The highest BCUT2D eigenvalue weighted by Gasteiger charge is 2.35. The number of esters is 1. The van der Waals surface area contributed by atoms with Gasteiger partial charge in [0.1, 0.15) is 6.10 Å². The number of carbonyl (C=O) groups excluding carboxylic acids is 1. The van der Waals surface area contributed by atoms with Crippen molar-refractivity contribution >= 4 is 17.6 Å². The second kappa shape index (κ2) is 8.16. The second-order valence-electron chi connectivity index (χ2n) is 6.97. The van der Waals surface area contributed by atoms with Crippen LogP contribution in [0.4, 0.5) is 0 Å². The number of hydrogen-bond donors (Lipinski definition) is 0. The van der Waals surface area contributed by atoms with E-state index >= 15 is 0 Å². The SMILES string of the molecule is COC(C(=O)OC1CC(C)CCC1C(C)C)c1ccc(Cl)cc1. The summed E-state index contributed by atoms with van der Waals surface area (Å²) in [7, 11) is 1.53. The van der Waals surface area contributed by atoms with Crippen molar-refractivity contribution in [3.05, 3.63) is 34.9 Å². The molecule has 4 unspecified atom stereocenters. The van der Waals surface area contributed by atoms with Gasteiger partial charge in [-0.2, -0.15) is 0 Å². The lowest BCUT2D eigenvalue weighted by Gasteiger charge is -2.37. The van der Waals surface area contributed by atoms with Crippen LogP contribution in [0.5, 0.6) is 0 Å². The highest BCUT2D eigenvalue weighted by molar-refractivity contribution is 6.30. The maximum atomic E-state index is 12.6. The summed E-state index contributed by atoms with van der Waals surface area (Å²) in [5.41, 5.74) is 0.770. The molecular weight excluding hydrogens is 312 g/mol. The lowest BCUT2D eigenvalue weighted by atomic mass is 9.75. The average molecular weight is 339 g/mol. The number of rotatable bonds is 5. The van der Waals surface area contributed by atoms with Crippen molar-refractivity contribution in [2.45, 2.75) is 52.2 Å². The summed E-state index contributed by atoms with van der Waals surface area (Å²) in [6.07, 6.45) is 2.55. The van der Waals surface area contributed by atoms with Crippen LogP contribution in [0, 0.1) is 17.8 Å². The van der Waals surface area contributed by atoms with Gasteiger partial charge in [-0.25, -0.2) is 4.79 Å². The summed E-state index contributed by atoms with van der Waals surface area (Å²) in [5.74, 6) is 1.23. The van der Waals surface area contributed by atoms with Crippen LogP contribution in [0.3, 0.4) is 0 Å². The van der Waals surface area contributed by atoms with Crippen molar-refractivity contribution < 1.29 is 14.3 Å². The lowest BCUT2D eigenvalue weighted by molar-refractivity contribution is -0.168. The molecule has 2 rings (SSSR count). The Morgan fingerprint density at radius 3 is 2.43 bits per heavy atom. The molecule has 1 saturated carbocycles. The first-order valence-electron chi connectivity index (χ1n) is 8.41. The summed E-state index contributed by atoms with van der Waals surface area (Å²) in [6.45, 7) is 6.63. The molecule has 0 radical (unpaired) electrons. The largest absolute Gasteiger partial charge is 0.460 e. The van der Waals surface area contributed by atoms with Crippen LogP contribution in [-0.4, -0.2) is 19.2 Å². The number of carbonyl (C=O) groups is 1. The molecule has 0 amide bonds. The Hall–Kier alpha value is -1.06. The maximum Gasteiger partial charge on any atom is 0.340 e. The first-order chi connectivity index (χ1) is 10.9. The smallest absolute Gasteiger partial charge is 0.340 e. The molecule has 0 spiro atoms. The van der Waals surface area contributed by atoms with Crippen LogP contribution < -0.4 is 0 Å². The Balaban J connectivity index is 2.09. The average Bonchev–Trinajstić information content (AvgIpc) is 2.49.